The lowest BCUT2D eigenvalue weighted by Gasteiger charge is -2.34. The van der Waals surface area contributed by atoms with Crippen molar-refractivity contribution in [1.29, 1.82) is 0 Å². The summed E-state index contributed by atoms with van der Waals surface area (Å²) in [5.74, 6) is 0.996. The fourth-order valence-electron chi connectivity index (χ4n) is 2.57. The average Bonchev–Trinajstić information content (AvgIpc) is 2.53. The molecule has 0 bridgehead atoms. The van der Waals surface area contributed by atoms with Gasteiger partial charge in [-0.05, 0) is 25.1 Å². The first kappa shape index (κ1) is 16.7. The number of nitrogens with one attached hydrogen (secondary N) is 1. The van der Waals surface area contributed by atoms with Crippen molar-refractivity contribution in [3.05, 3.63) is 23.9 Å². The Kier molecular flexibility index (Phi) is 6.15. The van der Waals surface area contributed by atoms with Crippen LogP contribution in [0.15, 0.2) is 18.3 Å². The van der Waals surface area contributed by atoms with Gasteiger partial charge in [-0.25, -0.2) is 4.98 Å². The zero-order chi connectivity index (χ0) is 15.9. The van der Waals surface area contributed by atoms with Crippen molar-refractivity contribution in [3.8, 4) is 0 Å². The van der Waals surface area contributed by atoms with Crippen LogP contribution in [0.25, 0.3) is 0 Å². The number of hydrogen-bond donors (Lipinski definition) is 2. The molecule has 6 nitrogen and oxygen atoms in total. The van der Waals surface area contributed by atoms with Gasteiger partial charge in [-0.1, -0.05) is 13.0 Å². The molecule has 0 aromatic carbocycles. The number of aromatic nitrogens is 1. The summed E-state index contributed by atoms with van der Waals surface area (Å²) >= 11 is 0. The molecule has 0 radical (unpaired) electrons. The summed E-state index contributed by atoms with van der Waals surface area (Å²) in [5, 5.41) is 2.86. The van der Waals surface area contributed by atoms with Gasteiger partial charge in [0.05, 0.1) is 0 Å². The molecule has 6 heteroatoms. The Morgan fingerprint density at radius 1 is 1.36 bits per heavy atom. The standard InChI is InChI=1S/C16H27N5O/c1-3-20-6-8-21(9-7-20)15-5-4-14(11-18-15)12-19-16(22)10-13(2)17/h4-5,11,13H,3,6-10,12,17H2,1-2H3,(H,19,22). The number of anilines is 1. The van der Waals surface area contributed by atoms with Crippen molar-refractivity contribution >= 4 is 11.7 Å². The minimum atomic E-state index is -0.109. The Balaban J connectivity index is 1.82. The number of nitrogens with zero attached hydrogens (tertiary/aromatic N) is 3. The second-order valence-electron chi connectivity index (χ2n) is 5.90. The van der Waals surface area contributed by atoms with Gasteiger partial charge < -0.3 is 20.9 Å². The van der Waals surface area contributed by atoms with Crippen LogP contribution in [0.1, 0.15) is 25.8 Å². The number of likely N-dealkylation sites (N-methyl/N-ethyl adjacent to an activating group) is 1. The average molecular weight is 305 g/mol. The minimum absolute atomic E-state index is 0.0187. The van der Waals surface area contributed by atoms with Gasteiger partial charge in [0.1, 0.15) is 5.82 Å². The lowest BCUT2D eigenvalue weighted by molar-refractivity contribution is -0.121. The van der Waals surface area contributed by atoms with E-state index in [1.54, 1.807) is 0 Å². The van der Waals surface area contributed by atoms with Crippen LogP contribution in [0.5, 0.6) is 0 Å². The fraction of sp³-hybridized carbons (Fsp3) is 0.625. The Bertz CT molecular complexity index is 466. The highest BCUT2D eigenvalue weighted by Crippen LogP contribution is 2.14. The number of amides is 1. The van der Waals surface area contributed by atoms with Gasteiger partial charge in [0.25, 0.3) is 0 Å². The molecule has 1 unspecified atom stereocenters. The second kappa shape index (κ2) is 8.10. The molecule has 1 saturated heterocycles. The van der Waals surface area contributed by atoms with Gasteiger partial charge in [0, 0.05) is 51.4 Å². The van der Waals surface area contributed by atoms with Gasteiger partial charge in [-0.2, -0.15) is 0 Å². The number of hydrogen-bond acceptors (Lipinski definition) is 5. The van der Waals surface area contributed by atoms with Crippen LogP contribution in [0.3, 0.4) is 0 Å². The van der Waals surface area contributed by atoms with Gasteiger partial charge in [0.2, 0.25) is 5.91 Å². The van der Waals surface area contributed by atoms with Crippen LogP contribution in [-0.4, -0.2) is 54.6 Å². The van der Waals surface area contributed by atoms with Crippen molar-refractivity contribution in [2.24, 2.45) is 5.73 Å². The highest BCUT2D eigenvalue weighted by Gasteiger charge is 2.16. The summed E-state index contributed by atoms with van der Waals surface area (Å²) < 4.78 is 0. The fourth-order valence-corrected chi connectivity index (χ4v) is 2.57. The molecular formula is C16H27N5O. The van der Waals surface area contributed by atoms with Crippen LogP contribution < -0.4 is 16.0 Å². The molecule has 3 N–H and O–H groups in total. The molecule has 1 aromatic rings. The quantitative estimate of drug-likeness (QED) is 0.804. The first-order valence-electron chi connectivity index (χ1n) is 8.03. The maximum atomic E-state index is 11.6. The lowest BCUT2D eigenvalue weighted by atomic mass is 10.2. The van der Waals surface area contributed by atoms with E-state index in [1.807, 2.05) is 25.3 Å². The highest BCUT2D eigenvalue weighted by molar-refractivity contribution is 5.76. The minimum Gasteiger partial charge on any atom is -0.354 e. The van der Waals surface area contributed by atoms with E-state index in [0.29, 0.717) is 13.0 Å². The summed E-state index contributed by atoms with van der Waals surface area (Å²) in [5.41, 5.74) is 6.61. The van der Waals surface area contributed by atoms with Gasteiger partial charge in [0.15, 0.2) is 0 Å². The van der Waals surface area contributed by atoms with Crippen molar-refractivity contribution in [1.82, 2.24) is 15.2 Å². The second-order valence-corrected chi connectivity index (χ2v) is 5.90. The van der Waals surface area contributed by atoms with E-state index in [4.69, 9.17) is 5.73 Å². The molecule has 0 spiro atoms. The first-order chi connectivity index (χ1) is 10.6. The zero-order valence-electron chi connectivity index (χ0n) is 13.6. The molecule has 22 heavy (non-hydrogen) atoms. The van der Waals surface area contributed by atoms with Crippen molar-refractivity contribution < 1.29 is 4.79 Å². The van der Waals surface area contributed by atoms with Crippen molar-refractivity contribution in [2.75, 3.05) is 37.6 Å². The van der Waals surface area contributed by atoms with Crippen molar-refractivity contribution in [2.45, 2.75) is 32.9 Å². The summed E-state index contributed by atoms with van der Waals surface area (Å²) in [6.07, 6.45) is 2.20. The van der Waals surface area contributed by atoms with E-state index in [-0.39, 0.29) is 11.9 Å². The molecular weight excluding hydrogens is 278 g/mol. The predicted molar refractivity (Wildman–Crippen MR) is 88.7 cm³/mol. The topological polar surface area (TPSA) is 74.5 Å². The van der Waals surface area contributed by atoms with Crippen LogP contribution in [-0.2, 0) is 11.3 Å². The third-order valence-electron chi connectivity index (χ3n) is 3.95. The highest BCUT2D eigenvalue weighted by atomic mass is 16.1. The summed E-state index contributed by atoms with van der Waals surface area (Å²) in [4.78, 5) is 20.9. The lowest BCUT2D eigenvalue weighted by Crippen LogP contribution is -2.46. The molecule has 2 heterocycles. The van der Waals surface area contributed by atoms with E-state index in [0.717, 1.165) is 44.1 Å². The number of piperazine rings is 1. The Labute approximate surface area is 132 Å². The number of carbonyl (C=O) groups excluding carboxylic acids is 1. The Morgan fingerprint density at radius 3 is 2.64 bits per heavy atom. The van der Waals surface area contributed by atoms with Crippen LogP contribution >= 0.6 is 0 Å². The summed E-state index contributed by atoms with van der Waals surface area (Å²) in [7, 11) is 0. The predicted octanol–water partition coefficient (Wildman–Crippen LogP) is 0.577. The molecule has 0 saturated carbocycles. The van der Waals surface area contributed by atoms with Gasteiger partial charge in [-0.3, -0.25) is 4.79 Å². The molecule has 1 aliphatic rings. The molecule has 1 aromatic heterocycles. The normalized spacial score (nSPS) is 17.3. The van der Waals surface area contributed by atoms with Crippen LogP contribution in [0, 0.1) is 0 Å². The number of carbonyl (C=O) groups is 1. The van der Waals surface area contributed by atoms with E-state index in [2.05, 4.69) is 27.0 Å². The molecule has 1 amide bonds. The molecule has 0 aliphatic carbocycles. The monoisotopic (exact) mass is 305 g/mol. The molecule has 1 atom stereocenters. The molecule has 1 aliphatic heterocycles. The van der Waals surface area contributed by atoms with Crippen molar-refractivity contribution in [3.63, 3.8) is 0 Å². The SMILES string of the molecule is CCN1CCN(c2ccc(CNC(=O)CC(C)N)cn2)CC1. The van der Waals surface area contributed by atoms with E-state index in [9.17, 15) is 4.79 Å². The third kappa shape index (κ3) is 4.96. The maximum Gasteiger partial charge on any atom is 0.221 e. The Morgan fingerprint density at radius 2 is 2.09 bits per heavy atom. The Hall–Kier alpha value is -1.66. The van der Waals surface area contributed by atoms with E-state index < -0.39 is 0 Å². The number of nitrogens with two attached hydrogens (primary N) is 1. The first-order valence-corrected chi connectivity index (χ1v) is 8.03. The largest absolute Gasteiger partial charge is 0.354 e. The van der Waals surface area contributed by atoms with Gasteiger partial charge >= 0.3 is 0 Å². The third-order valence-corrected chi connectivity index (χ3v) is 3.95. The smallest absolute Gasteiger partial charge is 0.221 e. The van der Waals surface area contributed by atoms with E-state index in [1.165, 1.54) is 0 Å². The van der Waals surface area contributed by atoms with E-state index >= 15 is 0 Å². The summed E-state index contributed by atoms with van der Waals surface area (Å²) in [6, 6.07) is 3.96. The zero-order valence-corrected chi connectivity index (χ0v) is 13.6. The van der Waals surface area contributed by atoms with Crippen LogP contribution in [0.4, 0.5) is 5.82 Å². The summed E-state index contributed by atoms with van der Waals surface area (Å²) in [6.45, 7) is 9.86. The van der Waals surface area contributed by atoms with Crippen LogP contribution in [0.2, 0.25) is 0 Å². The number of rotatable bonds is 6. The molecule has 2 rings (SSSR count). The number of pyridine rings is 1. The maximum absolute atomic E-state index is 11.6. The van der Waals surface area contributed by atoms with Gasteiger partial charge in [-0.15, -0.1) is 0 Å². The molecule has 1 fully saturated rings. The molecule has 122 valence electrons.